The Morgan fingerprint density at radius 2 is 2.10 bits per heavy atom. The van der Waals surface area contributed by atoms with Crippen molar-refractivity contribution in [2.24, 2.45) is 5.92 Å². The molecular weight excluding hydrogens is 288 g/mol. The molecule has 1 aromatic carbocycles. The van der Waals surface area contributed by atoms with Gasteiger partial charge in [0.15, 0.2) is 0 Å². The van der Waals surface area contributed by atoms with Gasteiger partial charge < -0.3 is 10.1 Å². The van der Waals surface area contributed by atoms with Crippen LogP contribution in [0.5, 0.6) is 0 Å². The number of hydrogen-bond acceptors (Lipinski definition) is 3. The maximum absolute atomic E-state index is 12.2. The van der Waals surface area contributed by atoms with Crippen molar-refractivity contribution in [2.75, 3.05) is 19.6 Å². The Morgan fingerprint density at radius 3 is 2.81 bits per heavy atom. The number of amides is 1. The third-order valence-corrected chi connectivity index (χ3v) is 4.97. The Labute approximate surface area is 130 Å². The summed E-state index contributed by atoms with van der Waals surface area (Å²) in [5, 5.41) is 4.05. The van der Waals surface area contributed by atoms with Crippen molar-refractivity contribution < 1.29 is 9.53 Å². The summed E-state index contributed by atoms with van der Waals surface area (Å²) in [5.41, 5.74) is 0.589. The van der Waals surface area contributed by atoms with E-state index >= 15 is 0 Å². The van der Waals surface area contributed by atoms with Crippen LogP contribution >= 0.6 is 11.6 Å². The maximum Gasteiger partial charge on any atom is 0.410 e. The molecule has 114 valence electrons. The Hall–Kier alpha value is -1.26. The number of piperidine rings is 1. The Balaban J connectivity index is 1.71. The largest absolute Gasteiger partial charge is 0.441 e. The van der Waals surface area contributed by atoms with Gasteiger partial charge in [-0.1, -0.05) is 29.8 Å². The minimum absolute atomic E-state index is 0.226. The van der Waals surface area contributed by atoms with Gasteiger partial charge >= 0.3 is 6.09 Å². The van der Waals surface area contributed by atoms with Crippen LogP contribution in [0.3, 0.4) is 0 Å². The number of nitrogens with zero attached hydrogens (tertiary/aromatic N) is 1. The number of halogens is 1. The van der Waals surface area contributed by atoms with E-state index in [1.165, 1.54) is 0 Å². The van der Waals surface area contributed by atoms with Gasteiger partial charge in [-0.05, 0) is 44.5 Å². The van der Waals surface area contributed by atoms with Crippen molar-refractivity contribution in [1.82, 2.24) is 10.2 Å². The molecule has 1 amide bonds. The zero-order chi connectivity index (χ0) is 14.9. The van der Waals surface area contributed by atoms with Gasteiger partial charge in [-0.3, -0.25) is 4.90 Å². The number of rotatable bonds is 3. The van der Waals surface area contributed by atoms with E-state index in [9.17, 15) is 4.79 Å². The highest BCUT2D eigenvalue weighted by atomic mass is 35.5. The number of cyclic esters (lactones) is 1. The summed E-state index contributed by atoms with van der Waals surface area (Å²) in [4.78, 5) is 14.0. The van der Waals surface area contributed by atoms with E-state index < -0.39 is 0 Å². The van der Waals surface area contributed by atoms with Crippen LogP contribution in [0.2, 0.25) is 5.02 Å². The van der Waals surface area contributed by atoms with Crippen molar-refractivity contribution in [3.63, 3.8) is 0 Å². The highest BCUT2D eigenvalue weighted by Crippen LogP contribution is 2.36. The summed E-state index contributed by atoms with van der Waals surface area (Å²) in [6, 6.07) is 7.64. The lowest BCUT2D eigenvalue weighted by molar-refractivity contribution is 0.00943. The van der Waals surface area contributed by atoms with Gasteiger partial charge in [-0.15, -0.1) is 0 Å². The molecule has 1 atom stereocenters. The lowest BCUT2D eigenvalue weighted by atomic mass is 9.82. The van der Waals surface area contributed by atoms with Crippen LogP contribution in [0.15, 0.2) is 24.3 Å². The molecule has 0 bridgehead atoms. The molecular formula is C16H21ClN2O2. The second-order valence-electron chi connectivity index (χ2n) is 6.15. The van der Waals surface area contributed by atoms with Gasteiger partial charge in [0, 0.05) is 10.9 Å². The number of hydrogen-bond donors (Lipinski definition) is 1. The molecule has 3 rings (SSSR count). The van der Waals surface area contributed by atoms with Gasteiger partial charge in [0.25, 0.3) is 0 Å². The Kier molecular flexibility index (Phi) is 4.09. The van der Waals surface area contributed by atoms with Crippen molar-refractivity contribution in [3.8, 4) is 0 Å². The topological polar surface area (TPSA) is 41.6 Å². The highest BCUT2D eigenvalue weighted by molar-refractivity contribution is 6.31. The predicted octanol–water partition coefficient (Wildman–Crippen LogP) is 3.05. The van der Waals surface area contributed by atoms with Gasteiger partial charge in [-0.2, -0.15) is 0 Å². The van der Waals surface area contributed by atoms with Crippen LogP contribution in [0, 0.1) is 5.92 Å². The molecule has 1 N–H and O–H groups in total. The lowest BCUT2D eigenvalue weighted by Crippen LogP contribution is -2.44. The molecule has 2 aliphatic rings. The molecule has 2 saturated heterocycles. The fourth-order valence-corrected chi connectivity index (χ4v) is 3.53. The van der Waals surface area contributed by atoms with Crippen molar-refractivity contribution in [2.45, 2.75) is 31.9 Å². The number of carbonyl (C=O) groups is 1. The zero-order valence-corrected chi connectivity index (χ0v) is 13.0. The molecule has 1 unspecified atom stereocenters. The first-order chi connectivity index (χ1) is 10.1. The number of ether oxygens (including phenoxy) is 1. The molecule has 21 heavy (non-hydrogen) atoms. The van der Waals surface area contributed by atoms with E-state index in [-0.39, 0.29) is 11.7 Å². The number of carbonyl (C=O) groups excluding carboxylic acids is 1. The summed E-state index contributed by atoms with van der Waals surface area (Å²) in [6.45, 7) is 5.22. The zero-order valence-electron chi connectivity index (χ0n) is 12.3. The third-order valence-electron chi connectivity index (χ3n) is 4.61. The van der Waals surface area contributed by atoms with E-state index in [2.05, 4.69) is 12.2 Å². The molecule has 2 aliphatic heterocycles. The van der Waals surface area contributed by atoms with Crippen LogP contribution in [-0.4, -0.2) is 36.2 Å². The van der Waals surface area contributed by atoms with Gasteiger partial charge in [-0.25, -0.2) is 4.79 Å². The summed E-state index contributed by atoms with van der Waals surface area (Å²) in [6.07, 6.45) is 1.89. The molecule has 1 aromatic rings. The van der Waals surface area contributed by atoms with Crippen LogP contribution in [0.4, 0.5) is 4.79 Å². The Bertz CT molecular complexity index is 531. The van der Waals surface area contributed by atoms with E-state index in [0.717, 1.165) is 31.5 Å². The lowest BCUT2D eigenvalue weighted by Gasteiger charge is -2.34. The van der Waals surface area contributed by atoms with Gasteiger partial charge in [0.05, 0.1) is 13.1 Å². The molecule has 0 aliphatic carbocycles. The van der Waals surface area contributed by atoms with Crippen LogP contribution in [0.1, 0.15) is 25.3 Å². The first-order valence-corrected chi connectivity index (χ1v) is 7.88. The molecule has 0 saturated carbocycles. The van der Waals surface area contributed by atoms with Crippen molar-refractivity contribution in [3.05, 3.63) is 34.9 Å². The van der Waals surface area contributed by atoms with E-state index in [0.29, 0.717) is 24.0 Å². The van der Waals surface area contributed by atoms with Crippen molar-refractivity contribution in [1.29, 1.82) is 0 Å². The van der Waals surface area contributed by atoms with Gasteiger partial charge in [0.1, 0.15) is 5.60 Å². The Morgan fingerprint density at radius 1 is 1.38 bits per heavy atom. The van der Waals surface area contributed by atoms with Crippen LogP contribution < -0.4 is 5.32 Å². The first kappa shape index (κ1) is 14.7. The van der Waals surface area contributed by atoms with Crippen molar-refractivity contribution >= 4 is 17.7 Å². The average Bonchev–Trinajstić information content (AvgIpc) is 2.78. The molecule has 0 spiro atoms. The fourth-order valence-electron chi connectivity index (χ4n) is 3.34. The summed E-state index contributed by atoms with van der Waals surface area (Å²) in [7, 11) is 0. The third kappa shape index (κ3) is 3.01. The minimum atomic E-state index is -0.375. The quantitative estimate of drug-likeness (QED) is 0.933. The second-order valence-corrected chi connectivity index (χ2v) is 6.56. The molecule has 5 heteroatoms. The summed E-state index contributed by atoms with van der Waals surface area (Å²) < 4.78 is 5.73. The maximum atomic E-state index is 12.2. The summed E-state index contributed by atoms with van der Waals surface area (Å²) >= 11 is 6.18. The molecule has 2 heterocycles. The monoisotopic (exact) mass is 308 g/mol. The van der Waals surface area contributed by atoms with E-state index in [1.807, 2.05) is 24.3 Å². The molecule has 2 fully saturated rings. The predicted molar refractivity (Wildman–Crippen MR) is 82.3 cm³/mol. The van der Waals surface area contributed by atoms with Crippen LogP contribution in [-0.2, 0) is 11.3 Å². The standard InChI is InChI=1S/C16H21ClN2O2/c1-16(13-6-8-18-9-7-13)11-19(15(20)21-16)10-12-4-2-3-5-14(12)17/h2-5,13,18H,6-11H2,1H3. The van der Waals surface area contributed by atoms with E-state index in [1.54, 1.807) is 4.90 Å². The molecule has 0 radical (unpaired) electrons. The number of benzene rings is 1. The first-order valence-electron chi connectivity index (χ1n) is 7.50. The molecule has 0 aromatic heterocycles. The SMILES string of the molecule is CC1(C2CCNCC2)CN(Cc2ccccc2Cl)C(=O)O1. The van der Waals surface area contributed by atoms with Gasteiger partial charge in [0.2, 0.25) is 0 Å². The molecule has 4 nitrogen and oxygen atoms in total. The minimum Gasteiger partial charge on any atom is -0.441 e. The second kappa shape index (κ2) is 5.85. The summed E-state index contributed by atoms with van der Waals surface area (Å²) in [5.74, 6) is 0.430. The van der Waals surface area contributed by atoms with E-state index in [4.69, 9.17) is 16.3 Å². The number of nitrogens with one attached hydrogen (secondary N) is 1. The fraction of sp³-hybridized carbons (Fsp3) is 0.562. The normalized spacial score (nSPS) is 27.0. The highest BCUT2D eigenvalue weighted by Gasteiger charge is 2.46. The smallest absolute Gasteiger partial charge is 0.410 e. The van der Waals surface area contributed by atoms with Crippen LogP contribution in [0.25, 0.3) is 0 Å². The average molecular weight is 309 g/mol.